The van der Waals surface area contributed by atoms with E-state index in [4.69, 9.17) is 10.5 Å². The van der Waals surface area contributed by atoms with Gasteiger partial charge in [0.2, 0.25) is 5.91 Å². The molecule has 0 aliphatic carbocycles. The van der Waals surface area contributed by atoms with E-state index in [2.05, 4.69) is 0 Å². The minimum atomic E-state index is -0.518. The van der Waals surface area contributed by atoms with Gasteiger partial charge in [-0.25, -0.2) is 4.79 Å². The summed E-state index contributed by atoms with van der Waals surface area (Å²) < 4.78 is 5.44. The Morgan fingerprint density at radius 2 is 1.96 bits per heavy atom. The fourth-order valence-electron chi connectivity index (χ4n) is 2.71. The lowest BCUT2D eigenvalue weighted by Gasteiger charge is -2.33. The molecule has 0 aromatic carbocycles. The summed E-state index contributed by atoms with van der Waals surface area (Å²) in [5, 5.41) is 0. The van der Waals surface area contributed by atoms with Crippen LogP contribution in [0.5, 0.6) is 0 Å². The topological polar surface area (TPSA) is 75.9 Å². The van der Waals surface area contributed by atoms with Crippen LogP contribution in [0.2, 0.25) is 0 Å². The number of likely N-dealkylation sites (tertiary alicyclic amines) is 1. The molecule has 2 amide bonds. The molecule has 0 aromatic rings. The number of rotatable bonds is 5. The van der Waals surface area contributed by atoms with Crippen molar-refractivity contribution in [3.8, 4) is 0 Å². The van der Waals surface area contributed by atoms with E-state index in [1.54, 1.807) is 4.90 Å². The summed E-state index contributed by atoms with van der Waals surface area (Å²) in [6, 6.07) is -0.452. The van der Waals surface area contributed by atoms with Gasteiger partial charge < -0.3 is 20.3 Å². The van der Waals surface area contributed by atoms with Crippen molar-refractivity contribution < 1.29 is 14.3 Å². The van der Waals surface area contributed by atoms with Crippen LogP contribution in [0.3, 0.4) is 0 Å². The number of amides is 2. The largest absolute Gasteiger partial charge is 0.444 e. The Morgan fingerprint density at radius 1 is 1.35 bits per heavy atom. The van der Waals surface area contributed by atoms with Crippen molar-refractivity contribution in [2.24, 2.45) is 11.7 Å². The second-order valence-electron chi connectivity index (χ2n) is 7.62. The number of carbonyl (C=O) groups is 2. The van der Waals surface area contributed by atoms with Crippen LogP contribution in [0.4, 0.5) is 4.79 Å². The zero-order valence-electron chi connectivity index (χ0n) is 15.5. The van der Waals surface area contributed by atoms with Crippen LogP contribution >= 0.6 is 0 Å². The maximum atomic E-state index is 12.5. The van der Waals surface area contributed by atoms with E-state index in [-0.39, 0.29) is 24.0 Å². The van der Waals surface area contributed by atoms with E-state index in [1.165, 1.54) is 0 Å². The molecule has 2 unspecified atom stereocenters. The SMILES string of the molecule is CCN(CC1CCCN1C(=O)C(N)C(C)C)C(=O)OC(C)(C)C. The summed E-state index contributed by atoms with van der Waals surface area (Å²) in [6.07, 6.45) is 1.52. The fraction of sp³-hybridized carbons (Fsp3) is 0.882. The highest BCUT2D eigenvalue weighted by Gasteiger charge is 2.35. The van der Waals surface area contributed by atoms with Gasteiger partial charge in [-0.15, -0.1) is 0 Å². The van der Waals surface area contributed by atoms with Crippen LogP contribution in [-0.4, -0.2) is 59.1 Å². The van der Waals surface area contributed by atoms with Gasteiger partial charge in [-0.05, 0) is 46.5 Å². The van der Waals surface area contributed by atoms with Gasteiger partial charge in [-0.1, -0.05) is 13.8 Å². The lowest BCUT2D eigenvalue weighted by Crippen LogP contribution is -2.52. The van der Waals surface area contributed by atoms with Crippen molar-refractivity contribution in [3.63, 3.8) is 0 Å². The average molecular weight is 327 g/mol. The Labute approximate surface area is 140 Å². The molecule has 23 heavy (non-hydrogen) atoms. The summed E-state index contributed by atoms with van der Waals surface area (Å²) in [5.41, 5.74) is 5.49. The Hall–Kier alpha value is -1.30. The number of nitrogens with zero attached hydrogens (tertiary/aromatic N) is 2. The summed E-state index contributed by atoms with van der Waals surface area (Å²) in [7, 11) is 0. The van der Waals surface area contributed by atoms with E-state index >= 15 is 0 Å². The second kappa shape index (κ2) is 7.99. The Morgan fingerprint density at radius 3 is 2.43 bits per heavy atom. The fourth-order valence-corrected chi connectivity index (χ4v) is 2.71. The smallest absolute Gasteiger partial charge is 0.410 e. The van der Waals surface area contributed by atoms with Crippen molar-refractivity contribution in [3.05, 3.63) is 0 Å². The van der Waals surface area contributed by atoms with Crippen molar-refractivity contribution in [2.75, 3.05) is 19.6 Å². The van der Waals surface area contributed by atoms with Gasteiger partial charge in [-0.2, -0.15) is 0 Å². The molecule has 1 rings (SSSR count). The minimum Gasteiger partial charge on any atom is -0.444 e. The van der Waals surface area contributed by atoms with E-state index < -0.39 is 11.6 Å². The molecule has 1 saturated heterocycles. The van der Waals surface area contributed by atoms with Crippen molar-refractivity contribution >= 4 is 12.0 Å². The second-order valence-corrected chi connectivity index (χ2v) is 7.62. The number of hydrogen-bond acceptors (Lipinski definition) is 4. The molecule has 0 bridgehead atoms. The van der Waals surface area contributed by atoms with E-state index in [1.807, 2.05) is 46.4 Å². The molecule has 0 radical (unpaired) electrons. The molecular weight excluding hydrogens is 294 g/mol. The Bertz CT molecular complexity index is 418. The van der Waals surface area contributed by atoms with Crippen LogP contribution in [0.15, 0.2) is 0 Å². The third-order valence-corrected chi connectivity index (χ3v) is 4.13. The molecule has 0 spiro atoms. The molecule has 6 nitrogen and oxygen atoms in total. The molecule has 1 aliphatic rings. The van der Waals surface area contributed by atoms with Crippen molar-refractivity contribution in [2.45, 2.75) is 72.1 Å². The molecule has 1 aliphatic heterocycles. The zero-order chi connectivity index (χ0) is 17.8. The minimum absolute atomic E-state index is 0.0114. The maximum absolute atomic E-state index is 12.5. The number of nitrogens with two attached hydrogens (primary N) is 1. The summed E-state index contributed by atoms with van der Waals surface area (Å²) >= 11 is 0. The Balaban J connectivity index is 2.72. The van der Waals surface area contributed by atoms with Gasteiger partial charge in [0.25, 0.3) is 0 Å². The van der Waals surface area contributed by atoms with Gasteiger partial charge in [-0.3, -0.25) is 4.79 Å². The van der Waals surface area contributed by atoms with Crippen LogP contribution in [0.1, 0.15) is 54.4 Å². The number of ether oxygens (including phenoxy) is 1. The van der Waals surface area contributed by atoms with Gasteiger partial charge in [0.15, 0.2) is 0 Å². The molecule has 1 fully saturated rings. The monoisotopic (exact) mass is 327 g/mol. The third kappa shape index (κ3) is 5.68. The molecule has 0 aromatic heterocycles. The van der Waals surface area contributed by atoms with Gasteiger partial charge in [0.1, 0.15) is 5.60 Å². The maximum Gasteiger partial charge on any atom is 0.410 e. The normalized spacial score (nSPS) is 19.8. The third-order valence-electron chi connectivity index (χ3n) is 4.13. The predicted octanol–water partition coefficient (Wildman–Crippen LogP) is 2.22. The number of hydrogen-bond donors (Lipinski definition) is 1. The highest BCUT2D eigenvalue weighted by atomic mass is 16.6. The van der Waals surface area contributed by atoms with Crippen LogP contribution in [0, 0.1) is 5.92 Å². The van der Waals surface area contributed by atoms with Crippen molar-refractivity contribution in [1.29, 1.82) is 0 Å². The predicted molar refractivity (Wildman–Crippen MR) is 91.0 cm³/mol. The van der Waals surface area contributed by atoms with Crippen LogP contribution < -0.4 is 5.73 Å². The number of carbonyl (C=O) groups excluding carboxylic acids is 2. The summed E-state index contributed by atoms with van der Waals surface area (Å²) in [4.78, 5) is 28.3. The molecule has 1 heterocycles. The van der Waals surface area contributed by atoms with Gasteiger partial charge in [0.05, 0.1) is 6.04 Å². The Kier molecular flexibility index (Phi) is 6.86. The molecule has 2 N–H and O–H groups in total. The first-order chi connectivity index (χ1) is 10.6. The zero-order valence-corrected chi connectivity index (χ0v) is 15.5. The molecule has 2 atom stereocenters. The van der Waals surface area contributed by atoms with Crippen molar-refractivity contribution in [1.82, 2.24) is 9.80 Å². The standard InChI is InChI=1S/C17H33N3O3/c1-7-19(16(22)23-17(4,5)6)11-13-9-8-10-20(13)15(21)14(18)12(2)3/h12-14H,7-11,18H2,1-6H3. The molecule has 134 valence electrons. The van der Waals surface area contributed by atoms with E-state index in [0.29, 0.717) is 13.1 Å². The highest BCUT2D eigenvalue weighted by Crippen LogP contribution is 2.21. The molecule has 0 saturated carbocycles. The molecular formula is C17H33N3O3. The van der Waals surface area contributed by atoms with Gasteiger partial charge in [0, 0.05) is 25.7 Å². The van der Waals surface area contributed by atoms with Gasteiger partial charge >= 0.3 is 6.09 Å². The number of likely N-dealkylation sites (N-methyl/N-ethyl adjacent to an activating group) is 1. The first-order valence-corrected chi connectivity index (χ1v) is 8.60. The quantitative estimate of drug-likeness (QED) is 0.840. The first kappa shape index (κ1) is 19.7. The van der Waals surface area contributed by atoms with Crippen LogP contribution in [-0.2, 0) is 9.53 Å². The summed E-state index contributed by atoms with van der Waals surface area (Å²) in [5.74, 6) is 0.0969. The first-order valence-electron chi connectivity index (χ1n) is 8.60. The highest BCUT2D eigenvalue weighted by molar-refractivity contribution is 5.82. The molecule has 6 heteroatoms. The van der Waals surface area contributed by atoms with E-state index in [9.17, 15) is 9.59 Å². The summed E-state index contributed by atoms with van der Waals surface area (Å²) in [6.45, 7) is 13.2. The van der Waals surface area contributed by atoms with Crippen LogP contribution in [0.25, 0.3) is 0 Å². The van der Waals surface area contributed by atoms with E-state index in [0.717, 1.165) is 19.4 Å². The lowest BCUT2D eigenvalue weighted by atomic mass is 10.0. The lowest BCUT2D eigenvalue weighted by molar-refractivity contribution is -0.134. The average Bonchev–Trinajstić information content (AvgIpc) is 2.88.